The van der Waals surface area contributed by atoms with Gasteiger partial charge >= 0.3 is 6.09 Å². The molecular weight excluding hydrogens is 264 g/mol. The number of amides is 1. The fourth-order valence-corrected chi connectivity index (χ4v) is 2.63. The summed E-state index contributed by atoms with van der Waals surface area (Å²) in [5.41, 5.74) is -0.395. The first-order chi connectivity index (χ1) is 9.92. The number of likely N-dealkylation sites (tertiary alicyclic amines) is 1. The Morgan fingerprint density at radius 3 is 2.43 bits per heavy atom. The van der Waals surface area contributed by atoms with Crippen LogP contribution < -0.4 is 5.32 Å². The third kappa shape index (κ3) is 8.30. The van der Waals surface area contributed by atoms with E-state index in [0.717, 1.165) is 39.0 Å². The molecule has 4 heteroatoms. The summed E-state index contributed by atoms with van der Waals surface area (Å²) in [6.07, 6.45) is 7.26. The molecule has 0 spiro atoms. The number of rotatable bonds is 7. The Kier molecular flexibility index (Phi) is 8.09. The summed E-state index contributed by atoms with van der Waals surface area (Å²) in [5, 5.41) is 3.56. The van der Waals surface area contributed by atoms with Crippen LogP contribution in [0.4, 0.5) is 4.79 Å². The van der Waals surface area contributed by atoms with E-state index >= 15 is 0 Å². The molecule has 0 aliphatic carbocycles. The van der Waals surface area contributed by atoms with Crippen molar-refractivity contribution in [1.82, 2.24) is 10.2 Å². The van der Waals surface area contributed by atoms with E-state index < -0.39 is 5.60 Å². The Balaban J connectivity index is 2.10. The SMILES string of the molecule is CCCCCCNCC1CCN(C(=O)OC(C)(C)C)CC1. The fraction of sp³-hybridized carbons (Fsp3) is 0.941. The van der Waals surface area contributed by atoms with E-state index in [1.54, 1.807) is 0 Å². The fourth-order valence-electron chi connectivity index (χ4n) is 2.63. The number of hydrogen-bond donors (Lipinski definition) is 1. The summed E-state index contributed by atoms with van der Waals surface area (Å²) >= 11 is 0. The number of carbonyl (C=O) groups is 1. The molecule has 1 saturated heterocycles. The van der Waals surface area contributed by atoms with Crippen molar-refractivity contribution < 1.29 is 9.53 Å². The molecule has 1 heterocycles. The van der Waals surface area contributed by atoms with Gasteiger partial charge in [-0.05, 0) is 59.0 Å². The zero-order valence-corrected chi connectivity index (χ0v) is 14.4. The van der Waals surface area contributed by atoms with Gasteiger partial charge in [-0.1, -0.05) is 26.2 Å². The quantitative estimate of drug-likeness (QED) is 0.727. The third-order valence-electron chi connectivity index (χ3n) is 3.91. The first-order valence-electron chi connectivity index (χ1n) is 8.61. The molecule has 4 nitrogen and oxygen atoms in total. The van der Waals surface area contributed by atoms with Crippen molar-refractivity contribution in [3.63, 3.8) is 0 Å². The van der Waals surface area contributed by atoms with Gasteiger partial charge in [0.05, 0.1) is 0 Å². The van der Waals surface area contributed by atoms with Gasteiger partial charge in [-0.2, -0.15) is 0 Å². The van der Waals surface area contributed by atoms with Gasteiger partial charge < -0.3 is 15.0 Å². The van der Waals surface area contributed by atoms with E-state index in [1.807, 2.05) is 25.7 Å². The van der Waals surface area contributed by atoms with E-state index in [1.165, 1.54) is 25.7 Å². The number of nitrogens with one attached hydrogen (secondary N) is 1. The van der Waals surface area contributed by atoms with Crippen LogP contribution in [-0.2, 0) is 4.74 Å². The molecule has 0 bridgehead atoms. The maximum absolute atomic E-state index is 12.0. The lowest BCUT2D eigenvalue weighted by Crippen LogP contribution is -2.43. The first-order valence-corrected chi connectivity index (χ1v) is 8.61. The van der Waals surface area contributed by atoms with Gasteiger partial charge in [0, 0.05) is 13.1 Å². The van der Waals surface area contributed by atoms with Crippen molar-refractivity contribution in [3.8, 4) is 0 Å². The molecule has 0 radical (unpaired) electrons. The van der Waals surface area contributed by atoms with E-state index in [4.69, 9.17) is 4.74 Å². The average Bonchev–Trinajstić information content (AvgIpc) is 2.41. The number of ether oxygens (including phenoxy) is 1. The standard InChI is InChI=1S/C17H34N2O2/c1-5-6-7-8-11-18-14-15-9-12-19(13-10-15)16(20)21-17(2,3)4/h15,18H,5-14H2,1-4H3. The summed E-state index contributed by atoms with van der Waals surface area (Å²) in [4.78, 5) is 13.8. The zero-order chi connectivity index (χ0) is 15.7. The molecule has 0 saturated carbocycles. The van der Waals surface area contributed by atoms with Crippen LogP contribution in [0.15, 0.2) is 0 Å². The van der Waals surface area contributed by atoms with Crippen molar-refractivity contribution in [2.45, 2.75) is 71.8 Å². The third-order valence-corrected chi connectivity index (χ3v) is 3.91. The van der Waals surface area contributed by atoms with Crippen molar-refractivity contribution >= 4 is 6.09 Å². The summed E-state index contributed by atoms with van der Waals surface area (Å²) in [5.74, 6) is 0.704. The minimum absolute atomic E-state index is 0.159. The Bertz CT molecular complexity index is 292. The summed E-state index contributed by atoms with van der Waals surface area (Å²) in [6.45, 7) is 11.9. The largest absolute Gasteiger partial charge is 0.444 e. The molecule has 1 aliphatic heterocycles. The molecule has 0 atom stereocenters. The van der Waals surface area contributed by atoms with Crippen LogP contribution in [0.1, 0.15) is 66.2 Å². The maximum Gasteiger partial charge on any atom is 0.410 e. The molecule has 21 heavy (non-hydrogen) atoms. The predicted molar refractivity (Wildman–Crippen MR) is 87.5 cm³/mol. The molecule has 1 amide bonds. The van der Waals surface area contributed by atoms with Crippen LogP contribution in [0.2, 0.25) is 0 Å². The van der Waals surface area contributed by atoms with Crippen LogP contribution in [0.3, 0.4) is 0 Å². The lowest BCUT2D eigenvalue weighted by atomic mass is 9.97. The van der Waals surface area contributed by atoms with Crippen LogP contribution >= 0.6 is 0 Å². The molecule has 1 rings (SSSR count). The topological polar surface area (TPSA) is 41.6 Å². The van der Waals surface area contributed by atoms with E-state index in [-0.39, 0.29) is 6.09 Å². The second-order valence-corrected chi connectivity index (χ2v) is 7.18. The van der Waals surface area contributed by atoms with Crippen LogP contribution in [0.5, 0.6) is 0 Å². The summed E-state index contributed by atoms with van der Waals surface area (Å²) in [7, 11) is 0. The normalized spacial score (nSPS) is 17.0. The van der Waals surface area contributed by atoms with Gasteiger partial charge in [0.25, 0.3) is 0 Å². The van der Waals surface area contributed by atoms with Crippen LogP contribution in [0.25, 0.3) is 0 Å². The molecule has 0 aromatic rings. The van der Waals surface area contributed by atoms with Gasteiger partial charge in [-0.3, -0.25) is 0 Å². The molecule has 0 aromatic carbocycles. The molecule has 1 fully saturated rings. The number of hydrogen-bond acceptors (Lipinski definition) is 3. The lowest BCUT2D eigenvalue weighted by molar-refractivity contribution is 0.0184. The first kappa shape index (κ1) is 18.3. The highest BCUT2D eigenvalue weighted by molar-refractivity contribution is 5.68. The summed E-state index contributed by atoms with van der Waals surface area (Å²) < 4.78 is 5.42. The van der Waals surface area contributed by atoms with Crippen molar-refractivity contribution in [2.24, 2.45) is 5.92 Å². The Hall–Kier alpha value is -0.770. The Morgan fingerprint density at radius 1 is 1.19 bits per heavy atom. The maximum atomic E-state index is 12.0. The van der Waals surface area contributed by atoms with Crippen molar-refractivity contribution in [3.05, 3.63) is 0 Å². The average molecular weight is 298 g/mol. The lowest BCUT2D eigenvalue weighted by Gasteiger charge is -2.33. The minimum Gasteiger partial charge on any atom is -0.444 e. The number of nitrogens with zero attached hydrogens (tertiary/aromatic N) is 1. The molecule has 0 unspecified atom stereocenters. The molecule has 124 valence electrons. The second kappa shape index (κ2) is 9.29. The smallest absolute Gasteiger partial charge is 0.410 e. The Labute approximate surface area is 130 Å². The monoisotopic (exact) mass is 298 g/mol. The van der Waals surface area contributed by atoms with Gasteiger partial charge in [-0.15, -0.1) is 0 Å². The second-order valence-electron chi connectivity index (χ2n) is 7.18. The highest BCUT2D eigenvalue weighted by atomic mass is 16.6. The van der Waals surface area contributed by atoms with E-state index in [2.05, 4.69) is 12.2 Å². The van der Waals surface area contributed by atoms with Crippen molar-refractivity contribution in [2.75, 3.05) is 26.2 Å². The van der Waals surface area contributed by atoms with Crippen LogP contribution in [0, 0.1) is 5.92 Å². The number of piperidine rings is 1. The highest BCUT2D eigenvalue weighted by Crippen LogP contribution is 2.19. The molecular formula is C17H34N2O2. The number of carbonyl (C=O) groups excluding carboxylic acids is 1. The van der Waals surface area contributed by atoms with Crippen LogP contribution in [-0.4, -0.2) is 42.8 Å². The summed E-state index contributed by atoms with van der Waals surface area (Å²) in [6, 6.07) is 0. The van der Waals surface area contributed by atoms with Gasteiger partial charge in [-0.25, -0.2) is 4.79 Å². The minimum atomic E-state index is -0.395. The predicted octanol–water partition coefficient (Wildman–Crippen LogP) is 3.80. The van der Waals surface area contributed by atoms with Crippen molar-refractivity contribution in [1.29, 1.82) is 0 Å². The molecule has 1 N–H and O–H groups in total. The van der Waals surface area contributed by atoms with Gasteiger partial charge in [0.15, 0.2) is 0 Å². The molecule has 0 aromatic heterocycles. The molecule has 1 aliphatic rings. The highest BCUT2D eigenvalue weighted by Gasteiger charge is 2.26. The van der Waals surface area contributed by atoms with E-state index in [9.17, 15) is 4.79 Å². The number of unbranched alkanes of at least 4 members (excludes halogenated alkanes) is 3. The van der Waals surface area contributed by atoms with Gasteiger partial charge in [0.2, 0.25) is 0 Å². The van der Waals surface area contributed by atoms with E-state index in [0.29, 0.717) is 5.92 Å². The Morgan fingerprint density at radius 2 is 1.86 bits per heavy atom. The van der Waals surface area contributed by atoms with Gasteiger partial charge in [0.1, 0.15) is 5.60 Å². The zero-order valence-electron chi connectivity index (χ0n) is 14.4.